The van der Waals surface area contributed by atoms with Crippen molar-refractivity contribution in [3.05, 3.63) is 47.3 Å². The topological polar surface area (TPSA) is 101 Å². The van der Waals surface area contributed by atoms with Crippen LogP contribution in [0.5, 0.6) is 0 Å². The molecule has 0 bridgehead atoms. The van der Waals surface area contributed by atoms with Gasteiger partial charge < -0.3 is 19.0 Å². The smallest absolute Gasteiger partial charge is 0.372 e. The molecule has 18 heavy (non-hydrogen) atoms. The monoisotopic (exact) mass is 250 g/mol. The number of hydrogen-bond donors (Lipinski definition) is 2. The Morgan fingerprint density at radius 3 is 1.61 bits per heavy atom. The van der Waals surface area contributed by atoms with Crippen LogP contribution in [0.15, 0.2) is 33.5 Å². The summed E-state index contributed by atoms with van der Waals surface area (Å²) in [4.78, 5) is 21.6. The van der Waals surface area contributed by atoms with Crippen LogP contribution in [0.3, 0.4) is 0 Å². The highest BCUT2D eigenvalue weighted by Gasteiger charge is 2.17. The van der Waals surface area contributed by atoms with Gasteiger partial charge in [0.1, 0.15) is 0 Å². The summed E-state index contributed by atoms with van der Waals surface area (Å²) in [6.45, 7) is 0. The van der Waals surface area contributed by atoms with Crippen LogP contribution in [-0.2, 0) is 12.8 Å². The number of aryl methyl sites for hydroxylation is 2. The fraction of sp³-hybridized carbons (Fsp3) is 0.167. The van der Waals surface area contributed by atoms with Gasteiger partial charge in [0.05, 0.1) is 12.5 Å². The minimum absolute atomic E-state index is 0.115. The van der Waals surface area contributed by atoms with E-state index in [1.54, 1.807) is 12.1 Å². The fourth-order valence-corrected chi connectivity index (χ4v) is 1.71. The lowest BCUT2D eigenvalue weighted by atomic mass is 10.1. The molecule has 0 aliphatic heterocycles. The molecular formula is C12H10O6. The molecule has 0 saturated heterocycles. The lowest BCUT2D eigenvalue weighted by Gasteiger charge is -1.99. The van der Waals surface area contributed by atoms with E-state index in [0.29, 0.717) is 24.0 Å². The van der Waals surface area contributed by atoms with Crippen molar-refractivity contribution in [3.8, 4) is 0 Å². The van der Waals surface area contributed by atoms with Gasteiger partial charge in [-0.25, -0.2) is 9.59 Å². The molecule has 6 nitrogen and oxygen atoms in total. The quantitative estimate of drug-likeness (QED) is 0.842. The molecule has 0 spiro atoms. The van der Waals surface area contributed by atoms with Crippen LogP contribution in [0, 0.1) is 0 Å². The fourth-order valence-electron chi connectivity index (χ4n) is 1.71. The van der Waals surface area contributed by atoms with Crippen molar-refractivity contribution < 1.29 is 28.6 Å². The van der Waals surface area contributed by atoms with Gasteiger partial charge in [-0.3, -0.25) is 0 Å². The molecule has 2 aromatic heterocycles. The molecule has 0 aliphatic carbocycles. The molecule has 2 heterocycles. The van der Waals surface area contributed by atoms with E-state index in [0.717, 1.165) is 0 Å². The molecule has 0 aromatic carbocycles. The average Bonchev–Trinajstić information content (AvgIpc) is 2.94. The van der Waals surface area contributed by atoms with E-state index in [2.05, 4.69) is 0 Å². The molecule has 0 atom stereocenters. The van der Waals surface area contributed by atoms with Gasteiger partial charge in [0, 0.05) is 11.1 Å². The van der Waals surface area contributed by atoms with E-state index in [-0.39, 0.29) is 11.5 Å². The SMILES string of the molecule is O=C(O)c1occc1CCc1ccoc1C(=O)O. The van der Waals surface area contributed by atoms with Gasteiger partial charge in [-0.2, -0.15) is 0 Å². The highest BCUT2D eigenvalue weighted by molar-refractivity contribution is 5.86. The predicted octanol–water partition coefficient (Wildman–Crippen LogP) is 2.05. The second kappa shape index (κ2) is 4.79. The first-order valence-corrected chi connectivity index (χ1v) is 5.19. The number of carboxylic acid groups (broad SMARTS) is 2. The van der Waals surface area contributed by atoms with Gasteiger partial charge in [0.15, 0.2) is 0 Å². The molecular weight excluding hydrogens is 240 g/mol. The number of aromatic carboxylic acids is 2. The van der Waals surface area contributed by atoms with Crippen LogP contribution >= 0.6 is 0 Å². The molecule has 6 heteroatoms. The van der Waals surface area contributed by atoms with Crippen molar-refractivity contribution in [3.63, 3.8) is 0 Å². The number of rotatable bonds is 5. The van der Waals surface area contributed by atoms with Crippen LogP contribution in [-0.4, -0.2) is 22.2 Å². The van der Waals surface area contributed by atoms with Crippen molar-refractivity contribution in [2.24, 2.45) is 0 Å². The minimum atomic E-state index is -1.14. The van der Waals surface area contributed by atoms with Crippen molar-refractivity contribution in [2.75, 3.05) is 0 Å². The van der Waals surface area contributed by atoms with Crippen LogP contribution in [0.1, 0.15) is 32.2 Å². The first kappa shape index (κ1) is 12.0. The van der Waals surface area contributed by atoms with Crippen LogP contribution in [0.25, 0.3) is 0 Å². The molecule has 2 aromatic rings. The summed E-state index contributed by atoms with van der Waals surface area (Å²) in [7, 11) is 0. The summed E-state index contributed by atoms with van der Waals surface area (Å²) in [5.74, 6) is -2.51. The van der Waals surface area contributed by atoms with E-state index >= 15 is 0 Å². The van der Waals surface area contributed by atoms with Crippen LogP contribution in [0.4, 0.5) is 0 Å². The number of carbonyl (C=O) groups is 2. The molecule has 0 fully saturated rings. The predicted molar refractivity (Wildman–Crippen MR) is 58.7 cm³/mol. The zero-order valence-electron chi connectivity index (χ0n) is 9.25. The Morgan fingerprint density at radius 2 is 1.28 bits per heavy atom. The highest BCUT2D eigenvalue weighted by atomic mass is 16.4. The third-order valence-electron chi connectivity index (χ3n) is 2.55. The highest BCUT2D eigenvalue weighted by Crippen LogP contribution is 2.17. The number of hydrogen-bond acceptors (Lipinski definition) is 4. The van der Waals surface area contributed by atoms with E-state index in [4.69, 9.17) is 19.0 Å². The minimum Gasteiger partial charge on any atom is -0.475 e. The molecule has 0 aliphatic rings. The summed E-state index contributed by atoms with van der Waals surface area (Å²) >= 11 is 0. The van der Waals surface area contributed by atoms with Crippen molar-refractivity contribution >= 4 is 11.9 Å². The summed E-state index contributed by atoms with van der Waals surface area (Å²) in [6, 6.07) is 3.12. The summed E-state index contributed by atoms with van der Waals surface area (Å²) in [5, 5.41) is 17.7. The maximum Gasteiger partial charge on any atom is 0.372 e. The Bertz CT molecular complexity index is 525. The van der Waals surface area contributed by atoms with E-state index in [1.807, 2.05) is 0 Å². The maximum atomic E-state index is 10.8. The van der Waals surface area contributed by atoms with Gasteiger partial charge in [0.25, 0.3) is 0 Å². The van der Waals surface area contributed by atoms with E-state index < -0.39 is 11.9 Å². The molecule has 2 N–H and O–H groups in total. The van der Waals surface area contributed by atoms with Crippen molar-refractivity contribution in [1.29, 1.82) is 0 Å². The van der Waals surface area contributed by atoms with Gasteiger partial charge in [0.2, 0.25) is 11.5 Å². The summed E-state index contributed by atoms with van der Waals surface area (Å²) in [6.07, 6.45) is 3.34. The average molecular weight is 250 g/mol. The Labute approximate surface area is 101 Å². The van der Waals surface area contributed by atoms with E-state index in [9.17, 15) is 9.59 Å². The Balaban J connectivity index is 2.12. The zero-order valence-corrected chi connectivity index (χ0v) is 9.25. The Morgan fingerprint density at radius 1 is 0.889 bits per heavy atom. The lowest BCUT2D eigenvalue weighted by molar-refractivity contribution is 0.0649. The third-order valence-corrected chi connectivity index (χ3v) is 2.55. The molecule has 2 rings (SSSR count). The second-order valence-electron chi connectivity index (χ2n) is 3.66. The Hall–Kier alpha value is -2.50. The molecule has 94 valence electrons. The van der Waals surface area contributed by atoms with Crippen molar-refractivity contribution in [1.82, 2.24) is 0 Å². The summed E-state index contributed by atoms with van der Waals surface area (Å²) in [5.41, 5.74) is 1.06. The second-order valence-corrected chi connectivity index (χ2v) is 3.66. The molecule has 0 radical (unpaired) electrons. The number of furan rings is 2. The largest absolute Gasteiger partial charge is 0.475 e. The third kappa shape index (κ3) is 2.27. The van der Waals surface area contributed by atoms with Gasteiger partial charge in [-0.15, -0.1) is 0 Å². The standard InChI is InChI=1S/C12H10O6/c13-11(14)9-7(3-5-17-9)1-2-8-4-6-18-10(8)12(15)16/h3-6H,1-2H2,(H,13,14)(H,15,16). The van der Waals surface area contributed by atoms with E-state index in [1.165, 1.54) is 12.5 Å². The molecule has 0 saturated carbocycles. The van der Waals surface area contributed by atoms with Crippen LogP contribution < -0.4 is 0 Å². The normalized spacial score (nSPS) is 10.4. The molecule has 0 amide bonds. The maximum absolute atomic E-state index is 10.8. The zero-order chi connectivity index (χ0) is 13.1. The molecule has 0 unspecified atom stereocenters. The van der Waals surface area contributed by atoms with Crippen LogP contribution in [0.2, 0.25) is 0 Å². The lowest BCUT2D eigenvalue weighted by Crippen LogP contribution is -2.03. The summed E-state index contributed by atoms with van der Waals surface area (Å²) < 4.78 is 9.67. The number of carboxylic acids is 2. The van der Waals surface area contributed by atoms with Gasteiger partial charge in [-0.05, 0) is 25.0 Å². The Kier molecular flexibility index (Phi) is 3.18. The van der Waals surface area contributed by atoms with Gasteiger partial charge in [-0.1, -0.05) is 0 Å². The van der Waals surface area contributed by atoms with Gasteiger partial charge >= 0.3 is 11.9 Å². The first-order valence-electron chi connectivity index (χ1n) is 5.19. The van der Waals surface area contributed by atoms with Crippen molar-refractivity contribution in [2.45, 2.75) is 12.8 Å². The first-order chi connectivity index (χ1) is 8.59.